The monoisotopic (exact) mass is 287 g/mol. The van der Waals surface area contributed by atoms with Gasteiger partial charge in [-0.05, 0) is 53.7 Å². The van der Waals surface area contributed by atoms with Crippen LogP contribution in [0.1, 0.15) is 83.8 Å². The van der Waals surface area contributed by atoms with Crippen LogP contribution >= 0.6 is 0 Å². The summed E-state index contributed by atoms with van der Waals surface area (Å²) in [4.78, 5) is 0. The lowest BCUT2D eigenvalue weighted by atomic mass is 9.79. The van der Waals surface area contributed by atoms with E-state index < -0.39 is 0 Å². The van der Waals surface area contributed by atoms with E-state index in [9.17, 15) is 0 Å². The van der Waals surface area contributed by atoms with Crippen molar-refractivity contribution in [3.05, 3.63) is 29.3 Å². The molecule has 0 aromatic heterocycles. The zero-order valence-electron chi connectivity index (χ0n) is 14.7. The second-order valence-corrected chi connectivity index (χ2v) is 7.80. The van der Waals surface area contributed by atoms with Gasteiger partial charge in [-0.1, -0.05) is 60.1 Å². The average Bonchev–Trinajstić information content (AvgIpc) is 2.42. The van der Waals surface area contributed by atoms with Gasteiger partial charge >= 0.3 is 0 Å². The standard InChI is InChI=1S/C20H33N/c1-13(2)17-9-10-19(18(12-17)14(3)4)21-20-11-15(5)7-8-16(20)6/h9-10,12-16,20-21H,7-8,11H2,1-6H3. The number of anilines is 1. The van der Waals surface area contributed by atoms with Gasteiger partial charge < -0.3 is 5.32 Å². The Morgan fingerprint density at radius 1 is 1.00 bits per heavy atom. The molecule has 0 radical (unpaired) electrons. The summed E-state index contributed by atoms with van der Waals surface area (Å²) in [7, 11) is 0. The van der Waals surface area contributed by atoms with Crippen LogP contribution in [-0.2, 0) is 0 Å². The van der Waals surface area contributed by atoms with Gasteiger partial charge in [-0.25, -0.2) is 0 Å². The predicted octanol–water partition coefficient (Wildman–Crippen LogP) is 6.17. The molecule has 1 N–H and O–H groups in total. The third kappa shape index (κ3) is 4.02. The molecule has 21 heavy (non-hydrogen) atoms. The molecule has 1 heteroatoms. The van der Waals surface area contributed by atoms with Crippen LogP contribution < -0.4 is 5.32 Å². The minimum atomic E-state index is 0.572. The molecule has 1 nitrogen and oxygen atoms in total. The molecule has 1 fully saturated rings. The Hall–Kier alpha value is -0.980. The maximum Gasteiger partial charge on any atom is 0.0377 e. The zero-order valence-corrected chi connectivity index (χ0v) is 14.7. The van der Waals surface area contributed by atoms with E-state index in [1.807, 2.05) is 0 Å². The first-order valence-corrected chi connectivity index (χ1v) is 8.78. The molecule has 118 valence electrons. The van der Waals surface area contributed by atoms with Crippen molar-refractivity contribution in [1.82, 2.24) is 0 Å². The summed E-state index contributed by atoms with van der Waals surface area (Å²) >= 11 is 0. The van der Waals surface area contributed by atoms with Crippen molar-refractivity contribution in [2.24, 2.45) is 11.8 Å². The first kappa shape index (κ1) is 16.4. The van der Waals surface area contributed by atoms with Crippen molar-refractivity contribution in [3.8, 4) is 0 Å². The van der Waals surface area contributed by atoms with Crippen LogP contribution in [0.15, 0.2) is 18.2 Å². The number of hydrogen-bond donors (Lipinski definition) is 1. The van der Waals surface area contributed by atoms with E-state index in [0.29, 0.717) is 17.9 Å². The van der Waals surface area contributed by atoms with E-state index in [-0.39, 0.29) is 0 Å². The van der Waals surface area contributed by atoms with Gasteiger partial charge in [-0.2, -0.15) is 0 Å². The van der Waals surface area contributed by atoms with Gasteiger partial charge in [0.2, 0.25) is 0 Å². The zero-order chi connectivity index (χ0) is 15.6. The molecule has 1 saturated carbocycles. The Balaban J connectivity index is 2.22. The minimum absolute atomic E-state index is 0.572. The second kappa shape index (κ2) is 6.85. The Morgan fingerprint density at radius 3 is 2.33 bits per heavy atom. The van der Waals surface area contributed by atoms with Crippen molar-refractivity contribution >= 4 is 5.69 Å². The lowest BCUT2D eigenvalue weighted by Gasteiger charge is -2.35. The molecule has 0 bridgehead atoms. The van der Waals surface area contributed by atoms with E-state index in [1.54, 1.807) is 0 Å². The maximum atomic E-state index is 3.88. The molecule has 3 unspecified atom stereocenters. The summed E-state index contributed by atoms with van der Waals surface area (Å²) < 4.78 is 0. The van der Waals surface area contributed by atoms with Crippen LogP contribution in [0.2, 0.25) is 0 Å². The van der Waals surface area contributed by atoms with Gasteiger partial charge in [0.1, 0.15) is 0 Å². The number of hydrogen-bond acceptors (Lipinski definition) is 1. The molecule has 1 aliphatic rings. The molecule has 0 amide bonds. The van der Waals surface area contributed by atoms with Gasteiger partial charge in [-0.15, -0.1) is 0 Å². The quantitative estimate of drug-likeness (QED) is 0.698. The van der Waals surface area contributed by atoms with Gasteiger partial charge in [0.05, 0.1) is 0 Å². The topological polar surface area (TPSA) is 12.0 Å². The highest BCUT2D eigenvalue weighted by atomic mass is 14.9. The third-order valence-corrected chi connectivity index (χ3v) is 5.16. The van der Waals surface area contributed by atoms with E-state index in [2.05, 4.69) is 65.1 Å². The number of nitrogens with one attached hydrogen (secondary N) is 1. The molecule has 0 saturated heterocycles. The molecule has 1 aliphatic carbocycles. The molecule has 0 aliphatic heterocycles. The summed E-state index contributed by atoms with van der Waals surface area (Å²) in [6.45, 7) is 14.0. The molecule has 2 rings (SSSR count). The number of rotatable bonds is 4. The number of benzene rings is 1. The normalized spacial score (nSPS) is 26.4. The van der Waals surface area contributed by atoms with Crippen molar-refractivity contribution in [3.63, 3.8) is 0 Å². The maximum absolute atomic E-state index is 3.88. The predicted molar refractivity (Wildman–Crippen MR) is 94.2 cm³/mol. The van der Waals surface area contributed by atoms with Crippen LogP contribution in [0.4, 0.5) is 5.69 Å². The fourth-order valence-corrected chi connectivity index (χ4v) is 3.48. The summed E-state index contributed by atoms with van der Waals surface area (Å²) in [6.07, 6.45) is 4.06. The molecular formula is C20H33N. The fraction of sp³-hybridized carbons (Fsp3) is 0.700. The van der Waals surface area contributed by atoms with Crippen LogP contribution in [0.3, 0.4) is 0 Å². The van der Waals surface area contributed by atoms with E-state index >= 15 is 0 Å². The SMILES string of the molecule is CC1CCC(C)C(Nc2ccc(C(C)C)cc2C(C)C)C1. The average molecular weight is 287 g/mol. The molecule has 1 aromatic carbocycles. The molecule has 0 heterocycles. The third-order valence-electron chi connectivity index (χ3n) is 5.16. The lowest BCUT2D eigenvalue weighted by Crippen LogP contribution is -2.33. The Bertz CT molecular complexity index is 461. The summed E-state index contributed by atoms with van der Waals surface area (Å²) in [5.41, 5.74) is 4.29. The lowest BCUT2D eigenvalue weighted by molar-refractivity contribution is 0.280. The van der Waals surface area contributed by atoms with Gasteiger partial charge in [0, 0.05) is 11.7 Å². The summed E-state index contributed by atoms with van der Waals surface area (Å²) in [5.74, 6) is 2.81. The van der Waals surface area contributed by atoms with Crippen LogP contribution in [0.25, 0.3) is 0 Å². The first-order valence-electron chi connectivity index (χ1n) is 8.78. The largest absolute Gasteiger partial charge is 0.382 e. The van der Waals surface area contributed by atoms with Crippen LogP contribution in [0, 0.1) is 11.8 Å². The van der Waals surface area contributed by atoms with E-state index in [0.717, 1.165) is 11.8 Å². The van der Waals surface area contributed by atoms with Crippen molar-refractivity contribution in [1.29, 1.82) is 0 Å². The van der Waals surface area contributed by atoms with Gasteiger partial charge in [-0.3, -0.25) is 0 Å². The van der Waals surface area contributed by atoms with Crippen molar-refractivity contribution in [2.75, 3.05) is 5.32 Å². The highest BCUT2D eigenvalue weighted by molar-refractivity contribution is 5.55. The van der Waals surface area contributed by atoms with Crippen molar-refractivity contribution < 1.29 is 0 Å². The van der Waals surface area contributed by atoms with E-state index in [1.165, 1.54) is 36.1 Å². The summed E-state index contributed by atoms with van der Waals surface area (Å²) in [6, 6.07) is 7.66. The first-order chi connectivity index (χ1) is 9.88. The smallest absolute Gasteiger partial charge is 0.0377 e. The van der Waals surface area contributed by atoms with Crippen LogP contribution in [0.5, 0.6) is 0 Å². The highest BCUT2D eigenvalue weighted by Crippen LogP contribution is 2.34. The Kier molecular flexibility index (Phi) is 5.35. The highest BCUT2D eigenvalue weighted by Gasteiger charge is 2.26. The molecule has 1 aromatic rings. The second-order valence-electron chi connectivity index (χ2n) is 7.80. The minimum Gasteiger partial charge on any atom is -0.382 e. The van der Waals surface area contributed by atoms with Gasteiger partial charge in [0.25, 0.3) is 0 Å². The Morgan fingerprint density at radius 2 is 1.71 bits per heavy atom. The summed E-state index contributed by atoms with van der Waals surface area (Å²) in [5, 5.41) is 3.88. The van der Waals surface area contributed by atoms with E-state index in [4.69, 9.17) is 0 Å². The molecule has 0 spiro atoms. The fourth-order valence-electron chi connectivity index (χ4n) is 3.48. The molecular weight excluding hydrogens is 254 g/mol. The Labute approximate surface area is 131 Å². The van der Waals surface area contributed by atoms with Crippen molar-refractivity contribution in [2.45, 2.75) is 78.7 Å². The van der Waals surface area contributed by atoms with Gasteiger partial charge in [0.15, 0.2) is 0 Å². The van der Waals surface area contributed by atoms with Crippen LogP contribution in [-0.4, -0.2) is 6.04 Å². The molecule has 3 atom stereocenters.